The monoisotopic (exact) mass is 1030 g/mol. The fourth-order valence-corrected chi connectivity index (χ4v) is 13.1. The topological polar surface area (TPSA) is 198 Å². The molecule has 4 aliphatic heterocycles. The minimum absolute atomic E-state index is 0.0482. The van der Waals surface area contributed by atoms with Crippen LogP contribution in [0.2, 0.25) is 0 Å². The van der Waals surface area contributed by atoms with E-state index in [1.165, 1.54) is 25.2 Å². The molecule has 1 aliphatic carbocycles. The number of carbonyl (C=O) groups excluding carboxylic acids is 4. The zero-order chi connectivity index (χ0) is 51.9. The minimum Gasteiger partial charge on any atom is -0.464 e. The highest BCUT2D eigenvalue weighted by Crippen LogP contribution is 2.54. The number of H-pyrrole nitrogens is 2. The molecule has 390 valence electrons. The van der Waals surface area contributed by atoms with Crippen molar-refractivity contribution in [3.05, 3.63) is 88.1 Å². The van der Waals surface area contributed by atoms with E-state index in [0.29, 0.717) is 83.3 Å². The Morgan fingerprint density at radius 1 is 0.878 bits per heavy atom. The lowest BCUT2D eigenvalue weighted by Gasteiger charge is -2.38. The number of ether oxygens (including phenoxy) is 4. The first kappa shape index (κ1) is 49.5. The largest absolute Gasteiger partial charge is 0.464 e. The molecule has 19 heteroatoms. The highest BCUT2D eigenvalue weighted by molar-refractivity contribution is 7.12. The van der Waals surface area contributed by atoms with Gasteiger partial charge in [0.15, 0.2) is 0 Å². The summed E-state index contributed by atoms with van der Waals surface area (Å²) in [5.41, 5.74) is 4.55. The van der Waals surface area contributed by atoms with Crippen LogP contribution in [0.4, 0.5) is 14.0 Å². The number of rotatable bonds is 12. The number of aromatic amines is 2. The van der Waals surface area contributed by atoms with Gasteiger partial charge >= 0.3 is 12.2 Å². The molecule has 11 rings (SSSR count). The Morgan fingerprint density at radius 3 is 2.38 bits per heavy atom. The average molecular weight is 1030 g/mol. The number of nitrogens with one attached hydrogen (secondary N) is 4. The molecule has 4 aromatic heterocycles. The summed E-state index contributed by atoms with van der Waals surface area (Å²) >= 11 is 1.67. The zero-order valence-corrected chi connectivity index (χ0v) is 43.8. The molecule has 6 aromatic rings. The van der Waals surface area contributed by atoms with E-state index in [2.05, 4.69) is 57.2 Å². The summed E-state index contributed by atoms with van der Waals surface area (Å²) in [6, 6.07) is 13.6. The molecule has 4 N–H and O–H groups in total. The number of amides is 4. The van der Waals surface area contributed by atoms with Gasteiger partial charge in [-0.1, -0.05) is 33.8 Å². The van der Waals surface area contributed by atoms with Crippen LogP contribution in [0.1, 0.15) is 126 Å². The Morgan fingerprint density at radius 2 is 1.65 bits per heavy atom. The van der Waals surface area contributed by atoms with Gasteiger partial charge in [0.2, 0.25) is 18.0 Å². The fraction of sp³-hybridized carbons (Fsp3) is 0.491. The van der Waals surface area contributed by atoms with Crippen molar-refractivity contribution in [1.82, 2.24) is 44.9 Å². The Balaban J connectivity index is 0.900. The predicted molar refractivity (Wildman–Crippen MR) is 276 cm³/mol. The number of imidazole rings is 2. The second kappa shape index (κ2) is 19.5. The van der Waals surface area contributed by atoms with Crippen LogP contribution in [0.3, 0.4) is 0 Å². The van der Waals surface area contributed by atoms with Crippen molar-refractivity contribution in [1.29, 1.82) is 0 Å². The maximum atomic E-state index is 17.0. The second-order valence-corrected chi connectivity index (χ2v) is 22.6. The molecule has 17 nitrogen and oxygen atoms in total. The molecule has 0 radical (unpaired) electrons. The van der Waals surface area contributed by atoms with E-state index in [0.717, 1.165) is 40.6 Å². The number of aromatic nitrogens is 5. The smallest absolute Gasteiger partial charge is 0.407 e. The van der Waals surface area contributed by atoms with E-state index in [1.807, 2.05) is 63.1 Å². The van der Waals surface area contributed by atoms with Crippen molar-refractivity contribution in [2.24, 2.45) is 17.8 Å². The number of methoxy groups -OCH3 is 2. The van der Waals surface area contributed by atoms with E-state index in [4.69, 9.17) is 28.9 Å². The third kappa shape index (κ3) is 8.98. The molecule has 74 heavy (non-hydrogen) atoms. The van der Waals surface area contributed by atoms with Crippen LogP contribution >= 0.6 is 11.3 Å². The number of hydrogen-bond donors (Lipinski definition) is 4. The van der Waals surface area contributed by atoms with Crippen LogP contribution < -0.4 is 15.4 Å². The van der Waals surface area contributed by atoms with Crippen molar-refractivity contribution in [3.8, 4) is 39.5 Å². The van der Waals surface area contributed by atoms with Crippen LogP contribution in [0.25, 0.3) is 44.7 Å². The Kier molecular flexibility index (Phi) is 13.1. The van der Waals surface area contributed by atoms with Crippen molar-refractivity contribution >= 4 is 46.2 Å². The predicted octanol–water partition coefficient (Wildman–Crippen LogP) is 9.99. The molecule has 10 atom stereocenters. The van der Waals surface area contributed by atoms with Crippen LogP contribution in [-0.4, -0.2) is 109 Å². The van der Waals surface area contributed by atoms with Crippen molar-refractivity contribution in [3.63, 3.8) is 0 Å². The molecule has 0 spiro atoms. The lowest BCUT2D eigenvalue weighted by molar-refractivity contribution is -0.140. The molecular weight excluding hydrogens is 966 g/mol. The summed E-state index contributed by atoms with van der Waals surface area (Å²) in [5, 5.41) is 6.47. The van der Waals surface area contributed by atoms with Gasteiger partial charge in [-0.25, -0.2) is 23.9 Å². The number of likely N-dealkylation sites (tertiary alicyclic amines) is 2. The molecule has 3 saturated heterocycles. The third-order valence-electron chi connectivity index (χ3n) is 15.7. The van der Waals surface area contributed by atoms with Crippen molar-refractivity contribution < 1.29 is 42.5 Å². The fourth-order valence-electron chi connectivity index (χ4n) is 12.1. The highest BCUT2D eigenvalue weighted by Gasteiger charge is 2.57. The molecule has 2 aromatic carbocycles. The van der Waals surface area contributed by atoms with Crippen LogP contribution in [0.15, 0.2) is 60.9 Å². The van der Waals surface area contributed by atoms with Gasteiger partial charge in [-0.15, -0.1) is 11.3 Å². The second-order valence-electron chi connectivity index (χ2n) is 21.4. The molecule has 1 saturated carbocycles. The molecule has 2 unspecified atom stereocenters. The van der Waals surface area contributed by atoms with Gasteiger partial charge in [0.25, 0.3) is 0 Å². The van der Waals surface area contributed by atoms with Crippen LogP contribution in [0, 0.1) is 23.6 Å². The summed E-state index contributed by atoms with van der Waals surface area (Å²) in [6.07, 6.45) is 5.95. The number of carbonyl (C=O) groups is 4. The number of alkyl carbamates (subject to hydrolysis) is 2. The third-order valence-corrected chi connectivity index (χ3v) is 17.1. The molecule has 4 amide bonds. The number of piperidine rings is 1. The maximum absolute atomic E-state index is 17.0. The summed E-state index contributed by atoms with van der Waals surface area (Å²) in [6.45, 7) is 12.6. The van der Waals surface area contributed by atoms with Gasteiger partial charge in [0.1, 0.15) is 35.3 Å². The Hall–Kier alpha value is -6.73. The minimum atomic E-state index is -0.774. The number of hydrogen-bond acceptors (Lipinski definition) is 11. The first-order valence-corrected chi connectivity index (χ1v) is 26.7. The molecule has 5 aliphatic rings. The molecular formula is C55H64FN9O8S. The van der Waals surface area contributed by atoms with Gasteiger partial charge in [-0.3, -0.25) is 14.2 Å². The molecule has 8 heterocycles. The number of benzene rings is 2. The van der Waals surface area contributed by atoms with Gasteiger partial charge < -0.3 is 49.3 Å². The van der Waals surface area contributed by atoms with E-state index in [1.54, 1.807) is 22.4 Å². The lowest BCUT2D eigenvalue weighted by Crippen LogP contribution is -2.55. The van der Waals surface area contributed by atoms with Gasteiger partial charge in [0.05, 0.1) is 77.7 Å². The molecule has 0 bridgehead atoms. The first-order valence-electron chi connectivity index (χ1n) is 25.9. The van der Waals surface area contributed by atoms with Crippen molar-refractivity contribution in [2.45, 2.75) is 135 Å². The Bertz CT molecular complexity index is 3130. The standard InChI is InChI=1S/C55H64FN9O8S/c1-26(2)44-13-14-45(74-44)53-65-38-12-11-30(36-24-58-50(59-36)42-22-33-20-40(33)64(42)52(67)48(62-55(69)71-8)34-16-28(5)72-29(6)17-34)18-32(38)21-41(65)46-35(56)19-31(23-43(46)73-53)37-25-57-49(60-37)39-10-9-15-63(39)51(66)47(27(3)4)61-54(68)70-7/h11-14,18-19,21,23-29,33-34,39-40,42,47-48,53H,9-10,15-17,20,22H2,1-8H3,(H,57,60)(H,58,59)(H,61,68)(H,62,69)/t28-,29+,33-,34?,39+,40-,42-,47-,48+,53?/m0/s1. The molecule has 4 fully saturated rings. The highest BCUT2D eigenvalue weighted by atomic mass is 32.1. The van der Waals surface area contributed by atoms with E-state index >= 15 is 4.39 Å². The van der Waals surface area contributed by atoms with E-state index < -0.39 is 36.3 Å². The average Bonchev–Trinajstić information content (AvgIpc) is 4.16. The van der Waals surface area contributed by atoms with E-state index in [9.17, 15) is 19.2 Å². The number of halogens is 1. The van der Waals surface area contributed by atoms with Crippen molar-refractivity contribution in [2.75, 3.05) is 20.8 Å². The maximum Gasteiger partial charge on any atom is 0.407 e. The summed E-state index contributed by atoms with van der Waals surface area (Å²) < 4.78 is 41.8. The Labute approximate surface area is 432 Å². The normalized spacial score (nSPS) is 24.8. The van der Waals surface area contributed by atoms with E-state index in [-0.39, 0.29) is 54.0 Å². The van der Waals surface area contributed by atoms with Gasteiger partial charge in [-0.2, -0.15) is 0 Å². The van der Waals surface area contributed by atoms with Crippen LogP contribution in [-0.2, 0) is 23.8 Å². The summed E-state index contributed by atoms with van der Waals surface area (Å²) in [5.74, 6) is 1.22. The zero-order valence-electron chi connectivity index (χ0n) is 42.9. The number of thiophene rings is 1. The van der Waals surface area contributed by atoms with Gasteiger partial charge in [-0.05, 0) is 119 Å². The number of fused-ring (bicyclic) bond motifs is 6. The first-order chi connectivity index (χ1) is 35.6. The van der Waals surface area contributed by atoms with Gasteiger partial charge in [0, 0.05) is 40.2 Å². The quantitative estimate of drug-likeness (QED) is 0.0915. The SMILES string of the molecule is COC(=O)N[C@H](C(=O)N1CCC[C@@H]1c1ncc(-c2cc(F)c3c(c2)OC(c2ccc(C(C)C)s2)n2c-3cc3cc(-c4c[nH]c([C@@H]5C[C@@H]6C[C@@H]6N5C(=O)[C@H](NC(=O)OC)C5C[C@@H](C)O[C@@H](C)C5)n4)ccc32)[nH]1)C(C)C. The lowest BCUT2D eigenvalue weighted by atomic mass is 9.85. The number of nitrogens with zero attached hydrogens (tertiary/aromatic N) is 5. The van der Waals surface area contributed by atoms with Crippen LogP contribution in [0.5, 0.6) is 5.75 Å². The summed E-state index contributed by atoms with van der Waals surface area (Å²) in [4.78, 5) is 75.9. The summed E-state index contributed by atoms with van der Waals surface area (Å²) in [7, 11) is 2.58.